The molecule has 0 heterocycles. The van der Waals surface area contributed by atoms with Gasteiger partial charge in [-0.3, -0.25) is 4.79 Å². The lowest BCUT2D eigenvalue weighted by molar-refractivity contribution is -0.117. The Morgan fingerprint density at radius 2 is 2.05 bits per heavy atom. The predicted octanol–water partition coefficient (Wildman–Crippen LogP) is 3.64. The quantitative estimate of drug-likeness (QED) is 0.825. The molecule has 108 valence electrons. The van der Waals surface area contributed by atoms with E-state index in [1.807, 2.05) is 37.3 Å². The first-order valence-electron chi connectivity index (χ1n) is 7.40. The van der Waals surface area contributed by atoms with Gasteiger partial charge in [-0.15, -0.1) is 0 Å². The maximum Gasteiger partial charge on any atom is 0.231 e. The molecule has 3 nitrogen and oxygen atoms in total. The molecule has 0 saturated heterocycles. The van der Waals surface area contributed by atoms with Crippen molar-refractivity contribution in [2.75, 3.05) is 11.1 Å². The maximum absolute atomic E-state index is 12.6. The topological polar surface area (TPSA) is 55.1 Å². The molecule has 0 fully saturated rings. The second-order valence-corrected chi connectivity index (χ2v) is 5.72. The van der Waals surface area contributed by atoms with Crippen LogP contribution in [0.4, 0.5) is 11.4 Å². The fourth-order valence-corrected chi connectivity index (χ4v) is 3.02. The zero-order valence-corrected chi connectivity index (χ0v) is 12.2. The number of rotatable bonds is 2. The van der Waals surface area contributed by atoms with Gasteiger partial charge in [0.1, 0.15) is 0 Å². The van der Waals surface area contributed by atoms with Gasteiger partial charge in [0.25, 0.3) is 0 Å². The van der Waals surface area contributed by atoms with Gasteiger partial charge in [-0.25, -0.2) is 0 Å². The Morgan fingerprint density at radius 3 is 2.90 bits per heavy atom. The minimum Gasteiger partial charge on any atom is -0.397 e. The van der Waals surface area contributed by atoms with E-state index in [2.05, 4.69) is 17.4 Å². The minimum absolute atomic E-state index is 0.0412. The summed E-state index contributed by atoms with van der Waals surface area (Å²) in [5.41, 5.74) is 10.8. The molecule has 0 spiro atoms. The van der Waals surface area contributed by atoms with Gasteiger partial charge in [-0.05, 0) is 55.0 Å². The Kier molecular flexibility index (Phi) is 3.65. The third-order valence-corrected chi connectivity index (χ3v) is 4.15. The van der Waals surface area contributed by atoms with Crippen molar-refractivity contribution in [3.8, 4) is 0 Å². The zero-order valence-electron chi connectivity index (χ0n) is 12.2. The van der Waals surface area contributed by atoms with Crippen LogP contribution in [0.15, 0.2) is 42.5 Å². The van der Waals surface area contributed by atoms with Crippen molar-refractivity contribution in [2.24, 2.45) is 0 Å². The molecule has 3 rings (SSSR count). The largest absolute Gasteiger partial charge is 0.397 e. The molecule has 21 heavy (non-hydrogen) atoms. The number of amides is 1. The fourth-order valence-electron chi connectivity index (χ4n) is 3.02. The third kappa shape index (κ3) is 2.77. The molecule has 3 N–H and O–H groups in total. The Morgan fingerprint density at radius 1 is 1.24 bits per heavy atom. The maximum atomic E-state index is 12.6. The van der Waals surface area contributed by atoms with Crippen LogP contribution in [0.3, 0.4) is 0 Å². The third-order valence-electron chi connectivity index (χ3n) is 4.15. The number of anilines is 2. The lowest BCUT2D eigenvalue weighted by atomic mass is 9.82. The van der Waals surface area contributed by atoms with E-state index < -0.39 is 0 Å². The molecule has 0 saturated carbocycles. The molecule has 1 amide bonds. The highest BCUT2D eigenvalue weighted by molar-refractivity contribution is 5.98. The van der Waals surface area contributed by atoms with Gasteiger partial charge in [0.2, 0.25) is 5.91 Å². The first kappa shape index (κ1) is 13.7. The summed E-state index contributed by atoms with van der Waals surface area (Å²) in [6.07, 6.45) is 3.01. The fraction of sp³-hybridized carbons (Fsp3) is 0.278. The van der Waals surface area contributed by atoms with Crippen LogP contribution in [0.5, 0.6) is 0 Å². The van der Waals surface area contributed by atoms with Gasteiger partial charge in [-0.2, -0.15) is 0 Å². The second kappa shape index (κ2) is 5.60. The average molecular weight is 280 g/mol. The van der Waals surface area contributed by atoms with Gasteiger partial charge in [0, 0.05) is 0 Å². The number of carbonyl (C=O) groups is 1. The molecule has 1 unspecified atom stereocenters. The zero-order chi connectivity index (χ0) is 14.8. The number of nitrogens with one attached hydrogen (secondary N) is 1. The van der Waals surface area contributed by atoms with Crippen molar-refractivity contribution >= 4 is 17.3 Å². The van der Waals surface area contributed by atoms with Gasteiger partial charge in [0.05, 0.1) is 17.3 Å². The van der Waals surface area contributed by atoms with Crippen LogP contribution in [-0.4, -0.2) is 5.91 Å². The summed E-state index contributed by atoms with van der Waals surface area (Å²) in [7, 11) is 0. The van der Waals surface area contributed by atoms with Crippen LogP contribution in [0.2, 0.25) is 0 Å². The van der Waals surface area contributed by atoms with Gasteiger partial charge < -0.3 is 11.1 Å². The molecule has 1 aliphatic rings. The lowest BCUT2D eigenvalue weighted by Gasteiger charge is -2.25. The van der Waals surface area contributed by atoms with Crippen molar-refractivity contribution in [3.63, 3.8) is 0 Å². The Hall–Kier alpha value is -2.29. The first-order valence-corrected chi connectivity index (χ1v) is 7.40. The van der Waals surface area contributed by atoms with Crippen molar-refractivity contribution in [1.82, 2.24) is 0 Å². The molecular formula is C18H20N2O. The van der Waals surface area contributed by atoms with E-state index >= 15 is 0 Å². The number of nitrogen functional groups attached to an aromatic ring is 1. The number of fused-ring (bicyclic) bond motifs is 1. The first-order chi connectivity index (χ1) is 10.1. The summed E-state index contributed by atoms with van der Waals surface area (Å²) in [6.45, 7) is 1.99. The summed E-state index contributed by atoms with van der Waals surface area (Å²) in [5, 5.41) is 3.00. The van der Waals surface area contributed by atoms with E-state index in [9.17, 15) is 4.79 Å². The van der Waals surface area contributed by atoms with Crippen LogP contribution in [0.1, 0.15) is 35.4 Å². The number of nitrogens with two attached hydrogens (primary N) is 1. The van der Waals surface area contributed by atoms with E-state index in [0.717, 1.165) is 30.4 Å². The Labute approximate surface area is 125 Å². The normalized spacial score (nSPS) is 17.1. The van der Waals surface area contributed by atoms with E-state index in [0.29, 0.717) is 11.4 Å². The van der Waals surface area contributed by atoms with E-state index in [4.69, 9.17) is 5.73 Å². The van der Waals surface area contributed by atoms with Gasteiger partial charge >= 0.3 is 0 Å². The number of carbonyl (C=O) groups excluding carboxylic acids is 1. The molecule has 3 heteroatoms. The van der Waals surface area contributed by atoms with Crippen LogP contribution >= 0.6 is 0 Å². The van der Waals surface area contributed by atoms with Crippen LogP contribution in [0, 0.1) is 6.92 Å². The van der Waals surface area contributed by atoms with E-state index in [1.54, 1.807) is 0 Å². The number of hydrogen-bond donors (Lipinski definition) is 2. The monoisotopic (exact) mass is 280 g/mol. The molecule has 0 radical (unpaired) electrons. The second-order valence-electron chi connectivity index (χ2n) is 5.72. The van der Waals surface area contributed by atoms with Crippen LogP contribution < -0.4 is 11.1 Å². The number of hydrogen-bond acceptors (Lipinski definition) is 2. The highest BCUT2D eigenvalue weighted by atomic mass is 16.1. The molecule has 1 aliphatic carbocycles. The summed E-state index contributed by atoms with van der Waals surface area (Å²) >= 11 is 0. The summed E-state index contributed by atoms with van der Waals surface area (Å²) < 4.78 is 0. The van der Waals surface area contributed by atoms with Crippen molar-refractivity contribution in [2.45, 2.75) is 32.1 Å². The highest BCUT2D eigenvalue weighted by Crippen LogP contribution is 2.33. The smallest absolute Gasteiger partial charge is 0.231 e. The van der Waals surface area contributed by atoms with E-state index in [-0.39, 0.29) is 11.8 Å². The van der Waals surface area contributed by atoms with Crippen LogP contribution in [-0.2, 0) is 11.2 Å². The van der Waals surface area contributed by atoms with Crippen molar-refractivity contribution < 1.29 is 4.79 Å². The molecule has 1 atom stereocenters. The molecular weight excluding hydrogens is 260 g/mol. The number of aryl methyl sites for hydroxylation is 2. The van der Waals surface area contributed by atoms with E-state index in [1.165, 1.54) is 5.56 Å². The van der Waals surface area contributed by atoms with Crippen LogP contribution in [0.25, 0.3) is 0 Å². The Balaban J connectivity index is 1.85. The lowest BCUT2D eigenvalue weighted by Crippen LogP contribution is -2.25. The summed E-state index contributed by atoms with van der Waals surface area (Å²) in [5.74, 6) is -0.0330. The van der Waals surface area contributed by atoms with Gasteiger partial charge in [-0.1, -0.05) is 30.3 Å². The molecule has 0 aromatic heterocycles. The van der Waals surface area contributed by atoms with Crippen molar-refractivity contribution in [3.05, 3.63) is 59.2 Å². The average Bonchev–Trinajstić information content (AvgIpc) is 2.50. The number of benzene rings is 2. The molecule has 0 aliphatic heterocycles. The molecule has 2 aromatic rings. The Bertz CT molecular complexity index is 679. The highest BCUT2D eigenvalue weighted by Gasteiger charge is 2.26. The van der Waals surface area contributed by atoms with Gasteiger partial charge in [0.15, 0.2) is 0 Å². The standard InChI is InChI=1S/C18H20N2O/c1-12-9-10-16(19)17(11-12)20-18(21)15-8-4-6-13-5-2-3-7-14(13)15/h2-3,5,7,9-11,15H,4,6,8,19H2,1H3,(H,20,21). The SMILES string of the molecule is Cc1ccc(N)c(NC(=O)C2CCCc3ccccc32)c1. The predicted molar refractivity (Wildman–Crippen MR) is 86.3 cm³/mol. The summed E-state index contributed by atoms with van der Waals surface area (Å²) in [6, 6.07) is 13.9. The minimum atomic E-state index is -0.0742. The summed E-state index contributed by atoms with van der Waals surface area (Å²) in [4.78, 5) is 12.6. The van der Waals surface area contributed by atoms with Crippen molar-refractivity contribution in [1.29, 1.82) is 0 Å². The molecule has 2 aromatic carbocycles. The molecule has 0 bridgehead atoms.